The van der Waals surface area contributed by atoms with Crippen molar-refractivity contribution in [1.29, 1.82) is 0 Å². The largest absolute Gasteiger partial charge is 0.496 e. The Kier molecular flexibility index (Phi) is 14.7. The zero-order valence-electron chi connectivity index (χ0n) is 33.8. The van der Waals surface area contributed by atoms with Crippen molar-refractivity contribution in [1.82, 2.24) is 10.6 Å². The van der Waals surface area contributed by atoms with E-state index in [-0.39, 0.29) is 17.0 Å². The Labute approximate surface area is 332 Å². The number of methoxy groups -OCH3 is 1. The van der Waals surface area contributed by atoms with E-state index >= 15 is 0 Å². The van der Waals surface area contributed by atoms with Crippen LogP contribution in [0.15, 0.2) is 54.6 Å². The Morgan fingerprint density at radius 1 is 0.927 bits per heavy atom. The first-order valence-corrected chi connectivity index (χ1v) is 22.3. The maximum Gasteiger partial charge on any atom is 0.409 e. The third-order valence-corrected chi connectivity index (χ3v) is 15.1. The fourth-order valence-electron chi connectivity index (χ4n) is 6.48. The number of rotatable bonds is 13. The second-order valence-corrected chi connectivity index (χ2v) is 21.9. The van der Waals surface area contributed by atoms with Gasteiger partial charge in [-0.3, -0.25) is 0 Å². The highest BCUT2D eigenvalue weighted by molar-refractivity contribution is 6.74. The Bertz CT molecular complexity index is 1800. The van der Waals surface area contributed by atoms with Crippen molar-refractivity contribution in [3.8, 4) is 22.6 Å². The number of alkyl carbamates (subject to hydrolysis) is 1. The summed E-state index contributed by atoms with van der Waals surface area (Å²) in [7, 11) is -0.426. The minimum atomic E-state index is -2.01. The van der Waals surface area contributed by atoms with Gasteiger partial charge in [0.1, 0.15) is 17.1 Å². The lowest BCUT2D eigenvalue weighted by Gasteiger charge is -2.36. The molecule has 55 heavy (non-hydrogen) atoms. The van der Waals surface area contributed by atoms with Crippen molar-refractivity contribution in [2.24, 2.45) is 5.73 Å². The summed E-state index contributed by atoms with van der Waals surface area (Å²) in [6.45, 7) is 17.2. The third kappa shape index (κ3) is 12.4. The van der Waals surface area contributed by atoms with Crippen molar-refractivity contribution >= 4 is 43.8 Å². The molecule has 0 heterocycles. The highest BCUT2D eigenvalue weighted by Crippen LogP contribution is 2.45. The molecule has 0 saturated heterocycles. The fourth-order valence-corrected chi connectivity index (χ4v) is 7.66. The molecule has 3 aromatic carbocycles. The van der Waals surface area contributed by atoms with Crippen LogP contribution in [0.4, 0.5) is 20.1 Å². The van der Waals surface area contributed by atoms with Gasteiger partial charge in [-0.1, -0.05) is 74.8 Å². The molecule has 4 rings (SSSR count). The van der Waals surface area contributed by atoms with E-state index in [4.69, 9.17) is 36.0 Å². The first-order chi connectivity index (χ1) is 25.8. The predicted octanol–water partition coefficient (Wildman–Crippen LogP) is 10.3. The number of benzene rings is 3. The number of ether oxygens (including phenoxy) is 3. The number of anilines is 1. The SMILES string of the molecule is COc1cc(NC(=O)NCCCc2ccc(-c3ccccc3)c(OC(N)=O)c2[C@H]2CC[C@H](NC(=O)OC(C)(C)C)CC2)c(Cl)cc1CO[Si](C)(C)C(C)(C)C. The lowest BCUT2D eigenvalue weighted by atomic mass is 9.78. The molecule has 0 bridgehead atoms. The number of carbonyl (C=O) groups is 3. The van der Waals surface area contributed by atoms with Gasteiger partial charge >= 0.3 is 18.2 Å². The normalized spacial score (nSPS) is 16.2. The van der Waals surface area contributed by atoms with Crippen molar-refractivity contribution < 1.29 is 33.0 Å². The van der Waals surface area contributed by atoms with E-state index in [1.165, 1.54) is 0 Å². The minimum Gasteiger partial charge on any atom is -0.496 e. The molecule has 13 heteroatoms. The van der Waals surface area contributed by atoms with Crippen LogP contribution in [0.1, 0.15) is 96.3 Å². The van der Waals surface area contributed by atoms with Crippen molar-refractivity contribution in [3.05, 3.63) is 76.3 Å². The highest BCUT2D eigenvalue weighted by Gasteiger charge is 2.37. The Morgan fingerprint density at radius 2 is 1.60 bits per heavy atom. The molecule has 300 valence electrons. The summed E-state index contributed by atoms with van der Waals surface area (Å²) in [5.74, 6) is 1.08. The van der Waals surface area contributed by atoms with E-state index in [0.717, 1.165) is 53.5 Å². The van der Waals surface area contributed by atoms with Crippen LogP contribution in [-0.2, 0) is 22.2 Å². The molecule has 0 aromatic heterocycles. The molecule has 11 nitrogen and oxygen atoms in total. The summed E-state index contributed by atoms with van der Waals surface area (Å²) < 4.78 is 23.3. The Hall–Kier alpha value is -4.26. The second-order valence-electron chi connectivity index (χ2n) is 16.7. The monoisotopic (exact) mass is 794 g/mol. The number of urea groups is 1. The molecule has 4 amide bonds. The molecule has 1 aliphatic carbocycles. The molecule has 1 saturated carbocycles. The standard InChI is InChI=1S/C42H59ClN4O7Si/c1-41(2,3)54-40(50)46-31-20-17-29(18-21-31)36-28(19-22-32(37(36)53-38(44)48)27-14-11-10-12-15-27)16-13-23-45-39(49)47-34-25-35(51-7)30(24-33(34)43)26-52-55(8,9)42(4,5)6/h10-12,14-15,19,22,24-25,29,31H,13,16-18,20-21,23,26H2,1-9H3,(H2,44,48)(H,46,50)(H2,45,47,49)/t29-,31-. The number of hydrogen-bond donors (Lipinski definition) is 4. The van der Waals surface area contributed by atoms with Gasteiger partial charge in [0.2, 0.25) is 0 Å². The zero-order valence-corrected chi connectivity index (χ0v) is 35.6. The van der Waals surface area contributed by atoms with Crippen molar-refractivity contribution in [2.45, 2.75) is 122 Å². The van der Waals surface area contributed by atoms with Crippen LogP contribution in [0.2, 0.25) is 23.2 Å². The summed E-state index contributed by atoms with van der Waals surface area (Å²) in [4.78, 5) is 37.9. The summed E-state index contributed by atoms with van der Waals surface area (Å²) in [5.41, 5.74) is 9.91. The molecule has 0 atom stereocenters. The summed E-state index contributed by atoms with van der Waals surface area (Å²) in [6, 6.07) is 16.8. The number of hydrogen-bond acceptors (Lipinski definition) is 7. The van der Waals surface area contributed by atoms with Gasteiger partial charge < -0.3 is 40.3 Å². The first kappa shape index (κ1) is 43.5. The Balaban J connectivity index is 1.47. The molecular formula is C42H59ClN4O7Si. The molecule has 0 unspecified atom stereocenters. The maximum atomic E-state index is 13.1. The van der Waals surface area contributed by atoms with E-state index in [0.29, 0.717) is 48.2 Å². The van der Waals surface area contributed by atoms with E-state index in [2.05, 4.69) is 55.9 Å². The number of primary amides is 1. The minimum absolute atomic E-state index is 0.0321. The molecule has 0 aliphatic heterocycles. The highest BCUT2D eigenvalue weighted by atomic mass is 35.5. The number of nitrogens with one attached hydrogen (secondary N) is 3. The zero-order chi connectivity index (χ0) is 40.6. The molecular weight excluding hydrogens is 736 g/mol. The molecule has 3 aromatic rings. The number of halogens is 1. The van der Waals surface area contributed by atoms with Crippen LogP contribution in [0.25, 0.3) is 11.1 Å². The number of amides is 4. The topological polar surface area (TPSA) is 150 Å². The molecule has 0 spiro atoms. The van der Waals surface area contributed by atoms with Crippen molar-refractivity contribution in [3.63, 3.8) is 0 Å². The molecule has 5 N–H and O–H groups in total. The predicted molar refractivity (Wildman–Crippen MR) is 222 cm³/mol. The third-order valence-electron chi connectivity index (χ3n) is 10.4. The van der Waals surface area contributed by atoms with Gasteiger partial charge in [0, 0.05) is 35.3 Å². The van der Waals surface area contributed by atoms with Gasteiger partial charge in [0.05, 0.1) is 24.4 Å². The van der Waals surface area contributed by atoms with E-state index in [1.807, 2.05) is 57.2 Å². The quantitative estimate of drug-likeness (QED) is 0.0993. The average Bonchev–Trinajstić information content (AvgIpc) is 3.09. The summed E-state index contributed by atoms with van der Waals surface area (Å²) in [6.07, 6.45) is 2.87. The Morgan fingerprint density at radius 3 is 2.20 bits per heavy atom. The van der Waals surface area contributed by atoms with Crippen LogP contribution in [0.3, 0.4) is 0 Å². The van der Waals surface area contributed by atoms with E-state index in [1.54, 1.807) is 19.2 Å². The van der Waals surface area contributed by atoms with E-state index < -0.39 is 32.1 Å². The summed E-state index contributed by atoms with van der Waals surface area (Å²) >= 11 is 6.63. The number of nitrogens with two attached hydrogens (primary N) is 1. The van der Waals surface area contributed by atoms with Gasteiger partial charge in [-0.05, 0) is 101 Å². The van der Waals surface area contributed by atoms with E-state index in [9.17, 15) is 14.4 Å². The number of carbonyl (C=O) groups excluding carboxylic acids is 3. The first-order valence-electron chi connectivity index (χ1n) is 19.0. The lowest BCUT2D eigenvalue weighted by Crippen LogP contribution is -2.40. The number of aryl methyl sites for hydroxylation is 1. The van der Waals surface area contributed by atoms with Gasteiger partial charge in [-0.25, -0.2) is 14.4 Å². The van der Waals surface area contributed by atoms with Crippen LogP contribution in [-0.4, -0.2) is 51.8 Å². The van der Waals surface area contributed by atoms with Gasteiger partial charge in [0.25, 0.3) is 0 Å². The molecule has 1 fully saturated rings. The summed E-state index contributed by atoms with van der Waals surface area (Å²) in [5, 5.41) is 9.24. The van der Waals surface area contributed by atoms with Crippen LogP contribution in [0, 0.1) is 0 Å². The molecule has 1 aliphatic rings. The van der Waals surface area contributed by atoms with Crippen LogP contribution in [0.5, 0.6) is 11.5 Å². The van der Waals surface area contributed by atoms with Gasteiger partial charge in [-0.2, -0.15) is 0 Å². The van der Waals surface area contributed by atoms with Crippen LogP contribution < -0.4 is 31.2 Å². The fraction of sp³-hybridized carbons (Fsp3) is 0.500. The average molecular weight is 795 g/mol. The lowest BCUT2D eigenvalue weighted by molar-refractivity contribution is 0.0491. The van der Waals surface area contributed by atoms with Crippen molar-refractivity contribution in [2.75, 3.05) is 19.0 Å². The smallest absolute Gasteiger partial charge is 0.409 e. The molecule has 0 radical (unpaired) electrons. The second kappa shape index (κ2) is 18.6. The maximum absolute atomic E-state index is 13.1. The van der Waals surface area contributed by atoms with Gasteiger partial charge in [-0.15, -0.1) is 0 Å². The van der Waals surface area contributed by atoms with Gasteiger partial charge in [0.15, 0.2) is 8.32 Å². The van der Waals surface area contributed by atoms with Crippen LogP contribution >= 0.6 is 11.6 Å².